The Morgan fingerprint density at radius 2 is 0.826 bits per heavy atom. The molecule has 272 valence electrons. The van der Waals surface area contributed by atoms with Crippen LogP contribution < -0.4 is 22.1 Å². The van der Waals surface area contributed by atoms with E-state index in [9.17, 15) is 0 Å². The topological polar surface area (TPSA) is 79.3 Å². The lowest BCUT2D eigenvalue weighted by Crippen LogP contribution is -2.24. The van der Waals surface area contributed by atoms with Crippen molar-refractivity contribution in [2.75, 3.05) is 52.4 Å². The Labute approximate surface area is 288 Å². The van der Waals surface area contributed by atoms with Gasteiger partial charge < -0.3 is 27.0 Å². The molecule has 0 unspecified atom stereocenters. The van der Waals surface area contributed by atoms with Crippen LogP contribution in [0.3, 0.4) is 0 Å². The van der Waals surface area contributed by atoms with Gasteiger partial charge in [-0.05, 0) is 89.8 Å². The minimum Gasteiger partial charge on any atom is -0.373 e. The van der Waals surface area contributed by atoms with Crippen LogP contribution in [0, 0.1) is 0 Å². The second kappa shape index (κ2) is 36.9. The molecule has 1 aliphatic rings. The quantitative estimate of drug-likeness (QED) is 0.0503. The monoisotopic (exact) mass is 646 g/mol. The number of allylic oxidation sites excluding steroid dienone is 2. The zero-order valence-electron chi connectivity index (χ0n) is 31.0. The number of nitrogens with zero attached hydrogens (tertiary/aromatic N) is 1. The van der Waals surface area contributed by atoms with Crippen LogP contribution >= 0.6 is 0 Å². The first-order valence-corrected chi connectivity index (χ1v) is 20.8. The van der Waals surface area contributed by atoms with Gasteiger partial charge >= 0.3 is 0 Å². The summed E-state index contributed by atoms with van der Waals surface area (Å²) in [5.41, 5.74) is 12.6. The first-order valence-electron chi connectivity index (χ1n) is 20.8. The van der Waals surface area contributed by atoms with E-state index in [1.54, 1.807) is 5.57 Å². The molecule has 5 nitrogen and oxygen atoms in total. The molecular formula is C41H83N5. The standard InChI is InChI=1S/C41H83N5/c42-32-24-20-16-12-8-4-1-2-6-10-14-18-22-26-38-46-39-27-31-41(40-46)30-23-19-15-11-7-3-5-9-13-17-21-25-34-44-36-29-37-45-35-28-33-43/h27,31,40,44-45H,1-26,28-30,32-39,42-43H2. The Morgan fingerprint density at radius 1 is 0.435 bits per heavy atom. The van der Waals surface area contributed by atoms with Gasteiger partial charge in [0.2, 0.25) is 0 Å². The third kappa shape index (κ3) is 31.7. The van der Waals surface area contributed by atoms with E-state index in [2.05, 4.69) is 33.9 Å². The van der Waals surface area contributed by atoms with Gasteiger partial charge in [0.25, 0.3) is 0 Å². The molecule has 0 atom stereocenters. The number of rotatable bonds is 38. The van der Waals surface area contributed by atoms with Crippen molar-refractivity contribution >= 4 is 0 Å². The van der Waals surface area contributed by atoms with Gasteiger partial charge in [-0.3, -0.25) is 0 Å². The second-order valence-electron chi connectivity index (χ2n) is 14.3. The van der Waals surface area contributed by atoms with Gasteiger partial charge in [0.15, 0.2) is 0 Å². The van der Waals surface area contributed by atoms with Crippen molar-refractivity contribution in [3.8, 4) is 0 Å². The molecule has 5 heteroatoms. The predicted molar refractivity (Wildman–Crippen MR) is 207 cm³/mol. The summed E-state index contributed by atoms with van der Waals surface area (Å²) in [4.78, 5) is 2.56. The molecule has 0 aliphatic carbocycles. The maximum atomic E-state index is 5.57. The summed E-state index contributed by atoms with van der Waals surface area (Å²) in [7, 11) is 0. The highest BCUT2D eigenvalue weighted by molar-refractivity contribution is 5.22. The van der Waals surface area contributed by atoms with Crippen molar-refractivity contribution < 1.29 is 0 Å². The summed E-state index contributed by atoms with van der Waals surface area (Å²) < 4.78 is 0. The number of hydrogen-bond acceptors (Lipinski definition) is 5. The summed E-state index contributed by atoms with van der Waals surface area (Å²) in [6, 6.07) is 0. The fourth-order valence-corrected chi connectivity index (χ4v) is 6.72. The highest BCUT2D eigenvalue weighted by Crippen LogP contribution is 2.18. The van der Waals surface area contributed by atoms with Crippen LogP contribution in [0.1, 0.15) is 186 Å². The van der Waals surface area contributed by atoms with Crippen molar-refractivity contribution in [3.63, 3.8) is 0 Å². The largest absolute Gasteiger partial charge is 0.373 e. The maximum Gasteiger partial charge on any atom is 0.0357 e. The van der Waals surface area contributed by atoms with Gasteiger partial charge in [-0.15, -0.1) is 0 Å². The van der Waals surface area contributed by atoms with Crippen LogP contribution in [0.25, 0.3) is 0 Å². The van der Waals surface area contributed by atoms with Gasteiger partial charge in [-0.1, -0.05) is 153 Å². The van der Waals surface area contributed by atoms with Crippen LogP contribution in [-0.4, -0.2) is 57.3 Å². The fraction of sp³-hybridized carbons (Fsp3) is 0.902. The van der Waals surface area contributed by atoms with E-state index in [-0.39, 0.29) is 0 Å². The van der Waals surface area contributed by atoms with E-state index in [1.165, 1.54) is 193 Å². The summed E-state index contributed by atoms with van der Waals surface area (Å²) in [5.74, 6) is 0. The lowest BCUT2D eigenvalue weighted by atomic mass is 10.0. The SMILES string of the molecule is NCCCCCCCCCCCCCCCCN1C=C(CCCCCCCCCCCCCCNCCCNCCCN)C=CC1. The molecule has 0 aromatic heterocycles. The lowest BCUT2D eigenvalue weighted by molar-refractivity contribution is 0.387. The molecule has 0 bridgehead atoms. The van der Waals surface area contributed by atoms with E-state index in [4.69, 9.17) is 11.5 Å². The summed E-state index contributed by atoms with van der Waals surface area (Å²) in [6.07, 6.45) is 47.4. The van der Waals surface area contributed by atoms with E-state index in [0.717, 1.165) is 45.7 Å². The molecule has 0 aromatic carbocycles. The lowest BCUT2D eigenvalue weighted by Gasteiger charge is -2.23. The number of unbranched alkanes of at least 4 members (excludes halogenated alkanes) is 24. The smallest absolute Gasteiger partial charge is 0.0357 e. The average molecular weight is 646 g/mol. The van der Waals surface area contributed by atoms with E-state index in [0.29, 0.717) is 0 Å². The molecule has 0 amide bonds. The third-order valence-corrected chi connectivity index (χ3v) is 9.75. The molecule has 0 saturated carbocycles. The fourth-order valence-electron chi connectivity index (χ4n) is 6.72. The normalized spacial score (nSPS) is 13.2. The van der Waals surface area contributed by atoms with E-state index >= 15 is 0 Å². The number of nitrogens with one attached hydrogen (secondary N) is 2. The van der Waals surface area contributed by atoms with Crippen molar-refractivity contribution in [3.05, 3.63) is 23.9 Å². The van der Waals surface area contributed by atoms with Crippen LogP contribution in [0.5, 0.6) is 0 Å². The molecule has 6 N–H and O–H groups in total. The molecule has 0 fully saturated rings. The average Bonchev–Trinajstić information content (AvgIpc) is 3.07. The molecule has 0 saturated heterocycles. The molecule has 0 radical (unpaired) electrons. The molecule has 1 aliphatic heterocycles. The highest BCUT2D eigenvalue weighted by Gasteiger charge is 2.05. The van der Waals surface area contributed by atoms with Gasteiger partial charge in [0, 0.05) is 19.3 Å². The summed E-state index contributed by atoms with van der Waals surface area (Å²) in [5, 5.41) is 7.03. The zero-order chi connectivity index (χ0) is 32.9. The molecule has 46 heavy (non-hydrogen) atoms. The number of hydrogen-bond donors (Lipinski definition) is 4. The van der Waals surface area contributed by atoms with Gasteiger partial charge in [0.05, 0.1) is 0 Å². The van der Waals surface area contributed by atoms with Gasteiger partial charge in [-0.2, -0.15) is 0 Å². The minimum absolute atomic E-state index is 0.792. The Balaban J connectivity index is 1.79. The van der Waals surface area contributed by atoms with Gasteiger partial charge in [-0.25, -0.2) is 0 Å². The molecular weight excluding hydrogens is 562 g/mol. The minimum atomic E-state index is 0.792. The molecule has 0 aromatic rings. The highest BCUT2D eigenvalue weighted by atomic mass is 15.1. The van der Waals surface area contributed by atoms with Crippen LogP contribution in [0.15, 0.2) is 23.9 Å². The van der Waals surface area contributed by atoms with E-state index < -0.39 is 0 Å². The Morgan fingerprint density at radius 3 is 1.33 bits per heavy atom. The zero-order valence-corrected chi connectivity index (χ0v) is 31.0. The van der Waals surface area contributed by atoms with Crippen molar-refractivity contribution in [2.45, 2.75) is 186 Å². The van der Waals surface area contributed by atoms with Crippen molar-refractivity contribution in [1.29, 1.82) is 0 Å². The Hall–Kier alpha value is -0.880. The second-order valence-corrected chi connectivity index (χ2v) is 14.3. The van der Waals surface area contributed by atoms with Crippen molar-refractivity contribution in [2.24, 2.45) is 11.5 Å². The predicted octanol–water partition coefficient (Wildman–Crippen LogP) is 10.2. The summed E-state index contributed by atoms with van der Waals surface area (Å²) >= 11 is 0. The van der Waals surface area contributed by atoms with Crippen LogP contribution in [0.4, 0.5) is 0 Å². The first kappa shape index (κ1) is 43.1. The molecule has 1 rings (SSSR count). The Kier molecular flexibility index (Phi) is 34.7. The maximum absolute atomic E-state index is 5.57. The van der Waals surface area contributed by atoms with Gasteiger partial charge in [0.1, 0.15) is 0 Å². The van der Waals surface area contributed by atoms with Crippen molar-refractivity contribution in [1.82, 2.24) is 15.5 Å². The third-order valence-electron chi connectivity index (χ3n) is 9.75. The Bertz CT molecular complexity index is 649. The van der Waals surface area contributed by atoms with Crippen LogP contribution in [0.2, 0.25) is 0 Å². The molecule has 0 spiro atoms. The van der Waals surface area contributed by atoms with E-state index in [1.807, 2.05) is 0 Å². The van der Waals surface area contributed by atoms with Crippen LogP contribution in [-0.2, 0) is 0 Å². The molecule has 1 heterocycles. The number of nitrogens with two attached hydrogens (primary N) is 2. The summed E-state index contributed by atoms with van der Waals surface area (Å²) in [6.45, 7) is 8.51. The first-order chi connectivity index (χ1) is 22.9.